The molecule has 1 rings (SSSR count). The van der Waals surface area contributed by atoms with Gasteiger partial charge in [-0.25, -0.2) is 0 Å². The van der Waals surface area contributed by atoms with Crippen LogP contribution in [0, 0.1) is 18.8 Å². The predicted molar refractivity (Wildman–Crippen MR) is 90.7 cm³/mol. The standard InChI is InChI=1S/C8H17N3O2.C8H9NO/c1-5(2)3-6(8(12)13)4-7(9)11-10;1-6-2-4-7(5-3-6)8(9)10/h5-6H,3-4,10H2,1-2H3,(H2,9,11)(H,12,13);2-5H,1H3,(H2,9,10). The van der Waals surface area contributed by atoms with E-state index in [-0.39, 0.29) is 18.2 Å². The van der Waals surface area contributed by atoms with Gasteiger partial charge in [-0.2, -0.15) is 5.10 Å². The number of aliphatic carboxylic acids is 1. The minimum absolute atomic E-state index is 0.188. The van der Waals surface area contributed by atoms with Gasteiger partial charge in [0.05, 0.1) is 5.92 Å². The summed E-state index contributed by atoms with van der Waals surface area (Å²) in [4.78, 5) is 21.3. The molecule has 0 bridgehead atoms. The predicted octanol–water partition coefficient (Wildman–Crippen LogP) is 1.45. The number of carbonyl (C=O) groups is 2. The van der Waals surface area contributed by atoms with E-state index in [1.54, 1.807) is 12.1 Å². The van der Waals surface area contributed by atoms with Crippen molar-refractivity contribution in [3.05, 3.63) is 35.4 Å². The maximum atomic E-state index is 10.7. The summed E-state index contributed by atoms with van der Waals surface area (Å²) in [5.41, 5.74) is 12.1. The zero-order valence-corrected chi connectivity index (χ0v) is 13.8. The first-order chi connectivity index (χ1) is 10.7. The van der Waals surface area contributed by atoms with E-state index in [4.69, 9.17) is 22.4 Å². The molecule has 0 saturated carbocycles. The molecule has 1 aromatic carbocycles. The van der Waals surface area contributed by atoms with E-state index in [9.17, 15) is 9.59 Å². The largest absolute Gasteiger partial charge is 0.481 e. The van der Waals surface area contributed by atoms with Crippen LogP contribution in [0.1, 0.15) is 42.6 Å². The van der Waals surface area contributed by atoms with Crippen LogP contribution < -0.4 is 17.3 Å². The third-order valence-corrected chi connectivity index (χ3v) is 3.06. The van der Waals surface area contributed by atoms with Crippen LogP contribution in [0.15, 0.2) is 29.4 Å². The fraction of sp³-hybridized carbons (Fsp3) is 0.438. The number of nitrogens with zero attached hydrogens (tertiary/aromatic N) is 1. The number of primary amides is 1. The normalized spacial score (nSPS) is 12.3. The SMILES string of the molecule is CC(C)CC(C/C(N)=N/N)C(=O)O.Cc1ccc(C(N)=O)cc1. The molecule has 0 aromatic heterocycles. The Morgan fingerprint density at radius 1 is 1.17 bits per heavy atom. The third kappa shape index (κ3) is 9.13. The summed E-state index contributed by atoms with van der Waals surface area (Å²) in [6, 6.07) is 7.16. The smallest absolute Gasteiger partial charge is 0.306 e. The average molecular weight is 322 g/mol. The first-order valence-corrected chi connectivity index (χ1v) is 7.28. The second kappa shape index (κ2) is 10.2. The summed E-state index contributed by atoms with van der Waals surface area (Å²) >= 11 is 0. The van der Waals surface area contributed by atoms with Crippen LogP contribution in [-0.4, -0.2) is 22.8 Å². The molecule has 0 fully saturated rings. The second-order valence-electron chi connectivity index (χ2n) is 5.72. The molecule has 0 aliphatic rings. The van der Waals surface area contributed by atoms with Crippen molar-refractivity contribution < 1.29 is 14.7 Å². The number of hydrazone groups is 1. The molecule has 23 heavy (non-hydrogen) atoms. The van der Waals surface area contributed by atoms with Gasteiger partial charge in [-0.05, 0) is 31.4 Å². The van der Waals surface area contributed by atoms with Crippen molar-refractivity contribution in [3.8, 4) is 0 Å². The third-order valence-electron chi connectivity index (χ3n) is 3.06. The van der Waals surface area contributed by atoms with Gasteiger partial charge in [-0.3, -0.25) is 9.59 Å². The minimum atomic E-state index is -0.847. The van der Waals surface area contributed by atoms with Crippen molar-refractivity contribution >= 4 is 17.7 Å². The van der Waals surface area contributed by atoms with Gasteiger partial charge in [0.1, 0.15) is 5.84 Å². The molecule has 0 radical (unpaired) electrons. The zero-order chi connectivity index (χ0) is 18.0. The lowest BCUT2D eigenvalue weighted by atomic mass is 9.94. The average Bonchev–Trinajstić information content (AvgIpc) is 2.47. The molecule has 1 aromatic rings. The van der Waals surface area contributed by atoms with Crippen LogP contribution in [-0.2, 0) is 4.79 Å². The quantitative estimate of drug-likeness (QED) is 0.271. The zero-order valence-electron chi connectivity index (χ0n) is 13.8. The van der Waals surface area contributed by atoms with Gasteiger partial charge in [0.25, 0.3) is 0 Å². The molecular weight excluding hydrogens is 296 g/mol. The molecule has 7 heteroatoms. The summed E-state index contributed by atoms with van der Waals surface area (Å²) in [5, 5.41) is 12.1. The number of benzene rings is 1. The molecule has 128 valence electrons. The molecule has 0 heterocycles. The van der Waals surface area contributed by atoms with Gasteiger partial charge >= 0.3 is 5.97 Å². The van der Waals surface area contributed by atoms with Crippen LogP contribution in [0.25, 0.3) is 0 Å². The van der Waals surface area contributed by atoms with Gasteiger partial charge in [-0.15, -0.1) is 0 Å². The van der Waals surface area contributed by atoms with E-state index in [1.807, 2.05) is 32.9 Å². The first-order valence-electron chi connectivity index (χ1n) is 7.28. The van der Waals surface area contributed by atoms with Crippen LogP contribution >= 0.6 is 0 Å². The molecule has 0 saturated heterocycles. The number of nitrogens with two attached hydrogens (primary N) is 3. The second-order valence-corrected chi connectivity index (χ2v) is 5.72. The Morgan fingerprint density at radius 2 is 1.70 bits per heavy atom. The lowest BCUT2D eigenvalue weighted by Gasteiger charge is -2.13. The van der Waals surface area contributed by atoms with Crippen molar-refractivity contribution in [2.45, 2.75) is 33.6 Å². The Kier molecular flexibility index (Phi) is 9.07. The highest BCUT2D eigenvalue weighted by Crippen LogP contribution is 2.15. The Morgan fingerprint density at radius 3 is 2.04 bits per heavy atom. The van der Waals surface area contributed by atoms with Gasteiger partial charge in [0.2, 0.25) is 5.91 Å². The molecule has 0 aliphatic heterocycles. The molecule has 0 spiro atoms. The molecule has 1 atom stereocenters. The Hall–Kier alpha value is -2.57. The first kappa shape index (κ1) is 20.4. The highest BCUT2D eigenvalue weighted by molar-refractivity contribution is 5.92. The van der Waals surface area contributed by atoms with Gasteiger partial charge < -0.3 is 22.4 Å². The molecule has 1 unspecified atom stereocenters. The lowest BCUT2D eigenvalue weighted by Crippen LogP contribution is -2.25. The van der Waals surface area contributed by atoms with Gasteiger partial charge in [0.15, 0.2) is 0 Å². The molecule has 1 amide bonds. The maximum absolute atomic E-state index is 10.7. The number of carboxylic acid groups (broad SMARTS) is 1. The summed E-state index contributed by atoms with van der Waals surface area (Å²) in [5.74, 6) is 3.73. The number of carbonyl (C=O) groups excluding carboxylic acids is 1. The van der Waals surface area contributed by atoms with E-state index >= 15 is 0 Å². The summed E-state index contributed by atoms with van der Waals surface area (Å²) < 4.78 is 0. The fourth-order valence-corrected chi connectivity index (χ4v) is 1.86. The number of amidine groups is 1. The monoisotopic (exact) mass is 322 g/mol. The van der Waals surface area contributed by atoms with Crippen molar-refractivity contribution in [2.24, 2.45) is 34.2 Å². The molecule has 7 nitrogen and oxygen atoms in total. The maximum Gasteiger partial charge on any atom is 0.306 e. The number of carboxylic acids is 1. The van der Waals surface area contributed by atoms with E-state index in [0.717, 1.165) is 5.56 Å². The Bertz CT molecular complexity index is 539. The van der Waals surface area contributed by atoms with Crippen LogP contribution in [0.2, 0.25) is 0 Å². The summed E-state index contributed by atoms with van der Waals surface area (Å²) in [7, 11) is 0. The van der Waals surface area contributed by atoms with Crippen LogP contribution in [0.3, 0.4) is 0 Å². The van der Waals surface area contributed by atoms with Crippen molar-refractivity contribution in [1.82, 2.24) is 0 Å². The van der Waals surface area contributed by atoms with E-state index in [2.05, 4.69) is 5.10 Å². The lowest BCUT2D eigenvalue weighted by molar-refractivity contribution is -0.142. The summed E-state index contributed by atoms with van der Waals surface area (Å²) in [6.07, 6.45) is 0.815. The molecular formula is C16H26N4O3. The Balaban J connectivity index is 0.000000433. The van der Waals surface area contributed by atoms with E-state index in [0.29, 0.717) is 17.9 Å². The number of hydrogen-bond acceptors (Lipinski definition) is 4. The van der Waals surface area contributed by atoms with Crippen LogP contribution in [0.5, 0.6) is 0 Å². The van der Waals surface area contributed by atoms with E-state index in [1.165, 1.54) is 0 Å². The van der Waals surface area contributed by atoms with Gasteiger partial charge in [-0.1, -0.05) is 31.5 Å². The van der Waals surface area contributed by atoms with Crippen molar-refractivity contribution in [3.63, 3.8) is 0 Å². The van der Waals surface area contributed by atoms with Gasteiger partial charge in [0, 0.05) is 12.0 Å². The topological polar surface area (TPSA) is 145 Å². The highest BCUT2D eigenvalue weighted by atomic mass is 16.4. The van der Waals surface area contributed by atoms with Crippen LogP contribution in [0.4, 0.5) is 0 Å². The van der Waals surface area contributed by atoms with Crippen molar-refractivity contribution in [2.75, 3.05) is 0 Å². The fourth-order valence-electron chi connectivity index (χ4n) is 1.86. The minimum Gasteiger partial charge on any atom is -0.481 e. The highest BCUT2D eigenvalue weighted by Gasteiger charge is 2.19. The number of hydrogen-bond donors (Lipinski definition) is 4. The molecule has 7 N–H and O–H groups in total. The van der Waals surface area contributed by atoms with Crippen molar-refractivity contribution in [1.29, 1.82) is 0 Å². The Labute approximate surface area is 136 Å². The summed E-state index contributed by atoms with van der Waals surface area (Å²) in [6.45, 7) is 5.89. The number of amides is 1. The number of aryl methyl sites for hydroxylation is 1. The number of rotatable bonds is 6. The van der Waals surface area contributed by atoms with E-state index < -0.39 is 11.9 Å². The molecule has 0 aliphatic carbocycles.